The van der Waals surface area contributed by atoms with Crippen LogP contribution in [0, 0.1) is 0 Å². The van der Waals surface area contributed by atoms with Crippen molar-refractivity contribution in [3.8, 4) is 0 Å². The molecule has 0 saturated carbocycles. The van der Waals surface area contributed by atoms with Gasteiger partial charge in [0.25, 0.3) is 0 Å². The van der Waals surface area contributed by atoms with E-state index >= 15 is 0 Å². The summed E-state index contributed by atoms with van der Waals surface area (Å²) in [5.41, 5.74) is 0. The fraction of sp³-hybridized carbons (Fsp3) is 1.00. The Labute approximate surface area is 82.7 Å². The quantitative estimate of drug-likeness (QED) is 0.720. The summed E-state index contributed by atoms with van der Waals surface area (Å²) >= 11 is 0. The first-order chi connectivity index (χ1) is 6.17. The molecule has 1 fully saturated rings. The zero-order valence-electron chi connectivity index (χ0n) is 9.51. The van der Waals surface area contributed by atoms with E-state index < -0.39 is 0 Å². The van der Waals surface area contributed by atoms with Crippen molar-refractivity contribution in [2.24, 2.45) is 0 Å². The second-order valence-electron chi connectivity index (χ2n) is 4.39. The maximum absolute atomic E-state index is 3.57. The van der Waals surface area contributed by atoms with Gasteiger partial charge in [-0.05, 0) is 26.7 Å². The third-order valence-electron chi connectivity index (χ3n) is 3.04. The summed E-state index contributed by atoms with van der Waals surface area (Å²) < 4.78 is 0. The molecule has 0 unspecified atom stereocenters. The van der Waals surface area contributed by atoms with Gasteiger partial charge in [-0.2, -0.15) is 0 Å². The zero-order valence-corrected chi connectivity index (χ0v) is 9.51. The lowest BCUT2D eigenvalue weighted by molar-refractivity contribution is 0.117. The normalized spacial score (nSPS) is 31.2. The molecule has 0 spiro atoms. The Morgan fingerprint density at radius 1 is 1.15 bits per heavy atom. The minimum atomic E-state index is 0.657. The second-order valence-corrected chi connectivity index (χ2v) is 4.39. The van der Waals surface area contributed by atoms with E-state index in [9.17, 15) is 0 Å². The number of nitrogens with one attached hydrogen (secondary N) is 1. The fourth-order valence-corrected chi connectivity index (χ4v) is 2.47. The maximum atomic E-state index is 3.57. The van der Waals surface area contributed by atoms with Crippen LogP contribution in [0.15, 0.2) is 0 Å². The Bertz CT molecular complexity index is 133. The van der Waals surface area contributed by atoms with E-state index in [1.54, 1.807) is 0 Å². The molecule has 2 heteroatoms. The summed E-state index contributed by atoms with van der Waals surface area (Å²) in [6.07, 6.45) is 2.58. The van der Waals surface area contributed by atoms with Crippen LogP contribution in [-0.2, 0) is 0 Å². The van der Waals surface area contributed by atoms with Gasteiger partial charge in [0.05, 0.1) is 0 Å². The minimum Gasteiger partial charge on any atom is -0.309 e. The average molecular weight is 184 g/mol. The van der Waals surface area contributed by atoms with Crippen molar-refractivity contribution in [1.29, 1.82) is 0 Å². The van der Waals surface area contributed by atoms with Crippen molar-refractivity contribution in [2.45, 2.75) is 58.7 Å². The molecule has 2 nitrogen and oxygen atoms in total. The van der Waals surface area contributed by atoms with Gasteiger partial charge in [-0.15, -0.1) is 0 Å². The van der Waals surface area contributed by atoms with Gasteiger partial charge in [-0.25, -0.2) is 0 Å². The van der Waals surface area contributed by atoms with E-state index in [1.807, 2.05) is 0 Å². The maximum Gasteiger partial charge on any atom is 0.0169 e. The monoisotopic (exact) mass is 184 g/mol. The first-order valence-electron chi connectivity index (χ1n) is 5.67. The van der Waals surface area contributed by atoms with Crippen molar-refractivity contribution in [3.63, 3.8) is 0 Å². The summed E-state index contributed by atoms with van der Waals surface area (Å²) in [7, 11) is 0. The van der Waals surface area contributed by atoms with Gasteiger partial charge < -0.3 is 5.32 Å². The number of nitrogens with zero attached hydrogens (tertiary/aromatic N) is 1. The summed E-state index contributed by atoms with van der Waals surface area (Å²) in [5, 5.41) is 3.57. The van der Waals surface area contributed by atoms with Crippen molar-refractivity contribution in [3.05, 3.63) is 0 Å². The molecule has 0 aromatic carbocycles. The van der Waals surface area contributed by atoms with E-state index in [1.165, 1.54) is 25.9 Å². The average Bonchev–Trinajstić information content (AvgIpc) is 2.04. The third-order valence-corrected chi connectivity index (χ3v) is 3.04. The van der Waals surface area contributed by atoms with Gasteiger partial charge in [-0.3, -0.25) is 4.90 Å². The van der Waals surface area contributed by atoms with Crippen molar-refractivity contribution >= 4 is 0 Å². The van der Waals surface area contributed by atoms with Crippen LogP contribution in [-0.4, -0.2) is 36.1 Å². The van der Waals surface area contributed by atoms with Gasteiger partial charge in [0.2, 0.25) is 0 Å². The van der Waals surface area contributed by atoms with Gasteiger partial charge in [-0.1, -0.05) is 13.8 Å². The van der Waals surface area contributed by atoms with Crippen molar-refractivity contribution < 1.29 is 0 Å². The molecule has 0 aliphatic carbocycles. The molecular weight excluding hydrogens is 160 g/mol. The van der Waals surface area contributed by atoms with Crippen LogP contribution < -0.4 is 5.32 Å². The van der Waals surface area contributed by atoms with Gasteiger partial charge in [0, 0.05) is 31.2 Å². The summed E-state index contributed by atoms with van der Waals surface area (Å²) in [6, 6.07) is 2.11. The summed E-state index contributed by atoms with van der Waals surface area (Å²) in [5.74, 6) is 0. The predicted molar refractivity (Wildman–Crippen MR) is 58.0 cm³/mol. The molecule has 0 aromatic rings. The molecule has 1 aliphatic heterocycles. The third kappa shape index (κ3) is 2.96. The van der Waals surface area contributed by atoms with E-state index in [4.69, 9.17) is 0 Å². The topological polar surface area (TPSA) is 15.3 Å². The first-order valence-corrected chi connectivity index (χ1v) is 5.67. The van der Waals surface area contributed by atoms with Crippen LogP contribution in [0.2, 0.25) is 0 Å². The van der Waals surface area contributed by atoms with E-state index in [-0.39, 0.29) is 0 Å². The van der Waals surface area contributed by atoms with Gasteiger partial charge in [0.15, 0.2) is 0 Å². The van der Waals surface area contributed by atoms with Crippen LogP contribution in [0.25, 0.3) is 0 Å². The SMILES string of the molecule is CCC(CC)N1C[C@@H](C)N[C@@H](C)C1. The number of hydrogen-bond donors (Lipinski definition) is 1. The largest absolute Gasteiger partial charge is 0.309 e. The molecule has 1 N–H and O–H groups in total. The molecule has 78 valence electrons. The highest BCUT2D eigenvalue weighted by atomic mass is 15.2. The molecule has 13 heavy (non-hydrogen) atoms. The molecule has 1 heterocycles. The Balaban J connectivity index is 2.48. The Morgan fingerprint density at radius 2 is 1.62 bits per heavy atom. The molecule has 1 aliphatic rings. The second kappa shape index (κ2) is 4.97. The van der Waals surface area contributed by atoms with Crippen molar-refractivity contribution in [2.75, 3.05) is 13.1 Å². The highest BCUT2D eigenvalue weighted by Gasteiger charge is 2.24. The first kappa shape index (κ1) is 11.0. The molecule has 1 saturated heterocycles. The minimum absolute atomic E-state index is 0.657. The van der Waals surface area contributed by atoms with E-state index in [2.05, 4.69) is 37.9 Å². The lowest BCUT2D eigenvalue weighted by Gasteiger charge is -2.40. The molecular formula is C11H24N2. The molecule has 2 atom stereocenters. The summed E-state index contributed by atoms with van der Waals surface area (Å²) in [6.45, 7) is 11.6. The van der Waals surface area contributed by atoms with Crippen molar-refractivity contribution in [1.82, 2.24) is 10.2 Å². The Kier molecular flexibility index (Phi) is 4.20. The molecule has 0 aromatic heterocycles. The molecule has 0 radical (unpaired) electrons. The van der Waals surface area contributed by atoms with Crippen LogP contribution in [0.4, 0.5) is 0 Å². The predicted octanol–water partition coefficient (Wildman–Crippen LogP) is 1.86. The lowest BCUT2D eigenvalue weighted by Crippen LogP contribution is -2.56. The van der Waals surface area contributed by atoms with Crippen LogP contribution in [0.3, 0.4) is 0 Å². The molecule has 0 amide bonds. The number of hydrogen-bond acceptors (Lipinski definition) is 2. The van der Waals surface area contributed by atoms with Crippen LogP contribution in [0.5, 0.6) is 0 Å². The van der Waals surface area contributed by atoms with E-state index in [0.29, 0.717) is 12.1 Å². The van der Waals surface area contributed by atoms with Gasteiger partial charge >= 0.3 is 0 Å². The highest BCUT2D eigenvalue weighted by Crippen LogP contribution is 2.13. The Hall–Kier alpha value is -0.0800. The summed E-state index contributed by atoms with van der Waals surface area (Å²) in [4.78, 5) is 2.64. The smallest absolute Gasteiger partial charge is 0.0169 e. The number of rotatable bonds is 3. The lowest BCUT2D eigenvalue weighted by atomic mass is 10.1. The van der Waals surface area contributed by atoms with Gasteiger partial charge in [0.1, 0.15) is 0 Å². The zero-order chi connectivity index (χ0) is 9.84. The highest BCUT2D eigenvalue weighted by molar-refractivity contribution is 4.84. The number of piperazine rings is 1. The fourth-order valence-electron chi connectivity index (χ4n) is 2.47. The Morgan fingerprint density at radius 3 is 2.00 bits per heavy atom. The van der Waals surface area contributed by atoms with Crippen LogP contribution in [0.1, 0.15) is 40.5 Å². The molecule has 1 rings (SSSR count). The molecule has 0 bridgehead atoms. The van der Waals surface area contributed by atoms with Crippen LogP contribution >= 0.6 is 0 Å². The standard InChI is InChI=1S/C11H24N2/c1-5-11(6-2)13-7-9(3)12-10(4)8-13/h9-12H,5-8H2,1-4H3/t9-,10+. The van der Waals surface area contributed by atoms with E-state index in [0.717, 1.165) is 6.04 Å².